The molecule has 0 aromatic heterocycles. The monoisotopic (exact) mass is 457 g/mol. The van der Waals surface area contributed by atoms with Crippen LogP contribution in [0.2, 0.25) is 0 Å². The van der Waals surface area contributed by atoms with E-state index in [4.69, 9.17) is 4.74 Å². The molecular weight excluding hydrogens is 423 g/mol. The Hall–Kier alpha value is -1.07. The molecule has 2 atom stereocenters. The number of alkyl halides is 3. The number of nitrogens with zero attached hydrogens (tertiary/aromatic N) is 1. The number of urea groups is 1. The van der Waals surface area contributed by atoms with Gasteiger partial charge in [-0.3, -0.25) is 0 Å². The van der Waals surface area contributed by atoms with Gasteiger partial charge in [-0.25, -0.2) is 17.9 Å². The highest BCUT2D eigenvalue weighted by Crippen LogP contribution is 2.32. The summed E-state index contributed by atoms with van der Waals surface area (Å²) in [5.41, 5.74) is 0. The number of rotatable bonds is 7. The summed E-state index contributed by atoms with van der Waals surface area (Å²) in [5.74, 6) is 1.27. The summed E-state index contributed by atoms with van der Waals surface area (Å²) in [5, 5.41) is 1.89. The van der Waals surface area contributed by atoms with Gasteiger partial charge in [0.15, 0.2) is 0 Å². The van der Waals surface area contributed by atoms with Crippen LogP contribution in [0.3, 0.4) is 0 Å². The number of sulfonamides is 1. The lowest BCUT2D eigenvalue weighted by molar-refractivity contribution is -0.123. The summed E-state index contributed by atoms with van der Waals surface area (Å²) in [6.45, 7) is 3.31. The molecule has 2 fully saturated rings. The van der Waals surface area contributed by atoms with Crippen LogP contribution in [0.15, 0.2) is 0 Å². The van der Waals surface area contributed by atoms with Gasteiger partial charge in [0.05, 0.1) is 25.0 Å². The number of carbonyl (C=O) groups excluding carboxylic acids is 1. The number of hydrogen-bond donors (Lipinski definition) is 2. The highest BCUT2D eigenvalue weighted by Gasteiger charge is 2.38. The Morgan fingerprint density at radius 2 is 1.80 bits per heavy atom. The van der Waals surface area contributed by atoms with Crippen molar-refractivity contribution in [3.63, 3.8) is 0 Å². The van der Waals surface area contributed by atoms with E-state index in [0.29, 0.717) is 24.7 Å². The summed E-state index contributed by atoms with van der Waals surface area (Å²) >= 11 is 0. The highest BCUT2D eigenvalue weighted by molar-refractivity contribution is 7.88. The third-order valence-corrected chi connectivity index (χ3v) is 6.74. The molecule has 11 heteroatoms. The molecule has 2 aliphatic rings. The average molecular weight is 458 g/mol. The number of carbonyl (C=O) groups is 1. The van der Waals surface area contributed by atoms with E-state index in [-0.39, 0.29) is 19.3 Å². The molecule has 30 heavy (non-hydrogen) atoms. The van der Waals surface area contributed by atoms with Crippen molar-refractivity contribution in [3.8, 4) is 0 Å². The molecular formula is C19H34F3N3O4S. The van der Waals surface area contributed by atoms with Gasteiger partial charge in [-0.15, -0.1) is 0 Å². The minimum absolute atomic E-state index is 0.0147. The van der Waals surface area contributed by atoms with Gasteiger partial charge in [0.2, 0.25) is 10.0 Å². The summed E-state index contributed by atoms with van der Waals surface area (Å²) in [6, 6.07) is -2.12. The second kappa shape index (κ2) is 10.5. The maximum absolute atomic E-state index is 12.5. The summed E-state index contributed by atoms with van der Waals surface area (Å²) in [7, 11) is -3.55. The van der Waals surface area contributed by atoms with Crippen LogP contribution < -0.4 is 10.0 Å². The van der Waals surface area contributed by atoms with Crippen molar-refractivity contribution < 1.29 is 31.1 Å². The lowest BCUT2D eigenvalue weighted by Crippen LogP contribution is -2.61. The Kier molecular flexibility index (Phi) is 8.81. The molecule has 2 rings (SSSR count). The normalized spacial score (nSPS) is 28.6. The predicted octanol–water partition coefficient (Wildman–Crippen LogP) is 2.87. The average Bonchev–Trinajstić information content (AvgIpc) is 2.63. The lowest BCUT2D eigenvalue weighted by Gasteiger charge is -2.42. The Morgan fingerprint density at radius 3 is 2.33 bits per heavy atom. The number of hydrogen-bond acceptors (Lipinski definition) is 4. The van der Waals surface area contributed by atoms with Gasteiger partial charge in [-0.2, -0.15) is 13.2 Å². The van der Waals surface area contributed by atoms with Crippen LogP contribution in [0.25, 0.3) is 0 Å². The molecule has 0 spiro atoms. The SMILES string of the molecule is CC(C)[C@H]1CC[C@@H](OC[C@@H]2[C@H](NS(C)(=O)=O)CCCN2C(=O)NCC(F)(F)F)CC1. The number of amides is 2. The number of ether oxygens (including phenoxy) is 1. The molecule has 1 aliphatic heterocycles. The van der Waals surface area contributed by atoms with E-state index in [1.807, 2.05) is 5.32 Å². The van der Waals surface area contributed by atoms with E-state index in [2.05, 4.69) is 18.6 Å². The molecule has 0 radical (unpaired) electrons. The van der Waals surface area contributed by atoms with Crippen molar-refractivity contribution in [1.29, 1.82) is 0 Å². The molecule has 1 heterocycles. The predicted molar refractivity (Wildman–Crippen MR) is 107 cm³/mol. The lowest BCUT2D eigenvalue weighted by atomic mass is 9.80. The number of halogens is 3. The minimum Gasteiger partial charge on any atom is -0.376 e. The quantitative estimate of drug-likeness (QED) is 0.615. The molecule has 1 saturated carbocycles. The zero-order valence-electron chi connectivity index (χ0n) is 17.9. The largest absolute Gasteiger partial charge is 0.405 e. The number of nitrogens with one attached hydrogen (secondary N) is 2. The second-order valence-corrected chi connectivity index (χ2v) is 10.6. The molecule has 1 saturated heterocycles. The Morgan fingerprint density at radius 1 is 1.17 bits per heavy atom. The third-order valence-electron chi connectivity index (χ3n) is 6.01. The van der Waals surface area contributed by atoms with Crippen molar-refractivity contribution >= 4 is 16.1 Å². The van der Waals surface area contributed by atoms with Gasteiger partial charge in [-0.05, 0) is 50.4 Å². The van der Waals surface area contributed by atoms with Crippen LogP contribution in [-0.2, 0) is 14.8 Å². The molecule has 0 aromatic carbocycles. The zero-order chi connectivity index (χ0) is 22.5. The van der Waals surface area contributed by atoms with Crippen molar-refractivity contribution in [2.45, 2.75) is 76.7 Å². The van der Waals surface area contributed by atoms with Crippen LogP contribution in [-0.4, -0.2) is 69.7 Å². The minimum atomic E-state index is -4.52. The summed E-state index contributed by atoms with van der Waals surface area (Å²) < 4.78 is 69.6. The first-order chi connectivity index (χ1) is 13.9. The fourth-order valence-electron chi connectivity index (χ4n) is 4.36. The van der Waals surface area contributed by atoms with Gasteiger partial charge in [-0.1, -0.05) is 13.8 Å². The smallest absolute Gasteiger partial charge is 0.376 e. The van der Waals surface area contributed by atoms with E-state index in [9.17, 15) is 26.4 Å². The first-order valence-electron chi connectivity index (χ1n) is 10.6. The molecule has 0 unspecified atom stereocenters. The first-order valence-corrected chi connectivity index (χ1v) is 12.4. The van der Waals surface area contributed by atoms with E-state index >= 15 is 0 Å². The molecule has 0 bridgehead atoms. The standard InChI is InChI=1S/C19H34F3N3O4S/c1-13(2)14-6-8-15(9-7-14)29-11-17-16(24-30(3,27)28)5-4-10-25(17)18(26)23-12-19(20,21)22/h13-17,24H,4-12H2,1-3H3,(H,23,26)/t14-,15+,16-,17-/m1/s1. The third kappa shape index (κ3) is 8.22. The summed E-state index contributed by atoms with van der Waals surface area (Å²) in [6.07, 6.45) is 1.38. The van der Waals surface area contributed by atoms with E-state index in [1.165, 1.54) is 4.90 Å². The fourth-order valence-corrected chi connectivity index (χ4v) is 5.19. The molecule has 2 N–H and O–H groups in total. The Bertz CT molecular complexity index is 664. The Balaban J connectivity index is 2.03. The van der Waals surface area contributed by atoms with Crippen LogP contribution in [0.5, 0.6) is 0 Å². The second-order valence-electron chi connectivity index (χ2n) is 8.79. The molecule has 2 amide bonds. The van der Waals surface area contributed by atoms with Gasteiger partial charge < -0.3 is 15.0 Å². The van der Waals surface area contributed by atoms with Gasteiger partial charge in [0.1, 0.15) is 6.54 Å². The molecule has 7 nitrogen and oxygen atoms in total. The van der Waals surface area contributed by atoms with Crippen LogP contribution in [0.1, 0.15) is 52.4 Å². The van der Waals surface area contributed by atoms with E-state index in [0.717, 1.165) is 31.9 Å². The van der Waals surface area contributed by atoms with Crippen molar-refractivity contribution in [1.82, 2.24) is 14.9 Å². The highest BCUT2D eigenvalue weighted by atomic mass is 32.2. The topological polar surface area (TPSA) is 87.7 Å². The van der Waals surface area contributed by atoms with E-state index < -0.39 is 40.9 Å². The van der Waals surface area contributed by atoms with Crippen molar-refractivity contribution in [3.05, 3.63) is 0 Å². The first kappa shape index (κ1) is 25.2. The molecule has 1 aliphatic carbocycles. The van der Waals surface area contributed by atoms with E-state index in [1.54, 1.807) is 0 Å². The Labute approximate surface area is 177 Å². The van der Waals surface area contributed by atoms with Gasteiger partial charge in [0.25, 0.3) is 0 Å². The van der Waals surface area contributed by atoms with Gasteiger partial charge in [0, 0.05) is 12.6 Å². The maximum atomic E-state index is 12.5. The number of piperidine rings is 1. The molecule has 176 valence electrons. The van der Waals surface area contributed by atoms with Crippen LogP contribution >= 0.6 is 0 Å². The number of likely N-dealkylation sites (tertiary alicyclic amines) is 1. The van der Waals surface area contributed by atoms with Gasteiger partial charge >= 0.3 is 12.2 Å². The molecule has 0 aromatic rings. The maximum Gasteiger partial charge on any atom is 0.405 e. The van der Waals surface area contributed by atoms with Crippen molar-refractivity contribution in [2.75, 3.05) is 26.0 Å². The van der Waals surface area contributed by atoms with Crippen molar-refractivity contribution in [2.24, 2.45) is 11.8 Å². The zero-order valence-corrected chi connectivity index (χ0v) is 18.7. The van der Waals surface area contributed by atoms with Crippen LogP contribution in [0, 0.1) is 11.8 Å². The summed E-state index contributed by atoms with van der Waals surface area (Å²) in [4.78, 5) is 13.7. The fraction of sp³-hybridized carbons (Fsp3) is 0.947. The van der Waals surface area contributed by atoms with Crippen LogP contribution in [0.4, 0.5) is 18.0 Å².